The number of nitrogens with zero attached hydrogens (tertiary/aromatic N) is 2. The van der Waals surface area contributed by atoms with E-state index in [0.29, 0.717) is 0 Å². The number of nitrogens with one attached hydrogen (secondary N) is 1. The fraction of sp³-hybridized carbons (Fsp3) is 0.294. The first kappa shape index (κ1) is 14.5. The summed E-state index contributed by atoms with van der Waals surface area (Å²) in [6, 6.07) is 9.84. The van der Waals surface area contributed by atoms with Gasteiger partial charge in [0.1, 0.15) is 5.82 Å². The number of amides is 2. The number of rotatable bonds is 4. The zero-order valence-corrected chi connectivity index (χ0v) is 12.4. The molecule has 4 nitrogen and oxygen atoms in total. The maximum Gasteiger partial charge on any atom is 0.318 e. The molecule has 114 valence electrons. The maximum absolute atomic E-state index is 13.2. The third-order valence-corrected chi connectivity index (χ3v) is 3.80. The number of hydrogen-bond donors (Lipinski definition) is 1. The second-order valence-electron chi connectivity index (χ2n) is 5.58. The zero-order chi connectivity index (χ0) is 15.5. The molecule has 1 aliphatic carbocycles. The number of urea groups is 1. The van der Waals surface area contributed by atoms with Crippen molar-refractivity contribution in [3.05, 3.63) is 65.7 Å². The van der Waals surface area contributed by atoms with Crippen LogP contribution in [0.5, 0.6) is 0 Å². The van der Waals surface area contributed by atoms with Crippen molar-refractivity contribution < 1.29 is 9.18 Å². The molecule has 0 spiro atoms. The van der Waals surface area contributed by atoms with Gasteiger partial charge < -0.3 is 10.2 Å². The van der Waals surface area contributed by atoms with Crippen LogP contribution in [-0.2, 0) is 0 Å². The van der Waals surface area contributed by atoms with Crippen LogP contribution in [0.3, 0.4) is 0 Å². The molecule has 5 heteroatoms. The standard InChI is InChI=1S/C17H18FN3O/c1-21(17(22)20-15-8-9-15)16(13-3-2-10-19-11-13)12-4-6-14(18)7-5-12/h2-7,10-11,15-16H,8-9H2,1H3,(H,20,22)/t16-/m1/s1. The summed E-state index contributed by atoms with van der Waals surface area (Å²) in [7, 11) is 1.75. The van der Waals surface area contributed by atoms with Gasteiger partial charge in [0.05, 0.1) is 6.04 Å². The van der Waals surface area contributed by atoms with Crippen LogP contribution < -0.4 is 5.32 Å². The minimum Gasteiger partial charge on any atom is -0.335 e. The van der Waals surface area contributed by atoms with E-state index in [-0.39, 0.29) is 23.9 Å². The summed E-state index contributed by atoms with van der Waals surface area (Å²) in [6.07, 6.45) is 5.49. The second-order valence-corrected chi connectivity index (χ2v) is 5.58. The highest BCUT2D eigenvalue weighted by Gasteiger charge is 2.29. The Morgan fingerprint density at radius 1 is 1.27 bits per heavy atom. The molecule has 1 fully saturated rings. The lowest BCUT2D eigenvalue weighted by Crippen LogP contribution is -2.41. The topological polar surface area (TPSA) is 45.2 Å². The third-order valence-electron chi connectivity index (χ3n) is 3.80. The number of carbonyl (C=O) groups is 1. The normalized spacial score (nSPS) is 15.2. The van der Waals surface area contributed by atoms with Crippen LogP contribution in [0.2, 0.25) is 0 Å². The maximum atomic E-state index is 13.2. The SMILES string of the molecule is CN(C(=O)NC1CC1)[C@H](c1ccc(F)cc1)c1cccnc1. The molecule has 0 bridgehead atoms. The van der Waals surface area contributed by atoms with Crippen molar-refractivity contribution in [3.8, 4) is 0 Å². The molecule has 1 saturated carbocycles. The Labute approximate surface area is 129 Å². The molecule has 2 amide bonds. The summed E-state index contributed by atoms with van der Waals surface area (Å²) < 4.78 is 13.2. The summed E-state index contributed by atoms with van der Waals surface area (Å²) in [5.74, 6) is -0.293. The van der Waals surface area contributed by atoms with Gasteiger partial charge >= 0.3 is 6.03 Å². The molecule has 1 aromatic carbocycles. The van der Waals surface area contributed by atoms with E-state index in [1.165, 1.54) is 12.1 Å². The molecule has 0 aliphatic heterocycles. The Morgan fingerprint density at radius 2 is 2.00 bits per heavy atom. The summed E-state index contributed by atoms with van der Waals surface area (Å²) in [5.41, 5.74) is 1.74. The van der Waals surface area contributed by atoms with Gasteiger partial charge in [-0.1, -0.05) is 18.2 Å². The third kappa shape index (κ3) is 3.24. The van der Waals surface area contributed by atoms with E-state index in [9.17, 15) is 9.18 Å². The molecular weight excluding hydrogens is 281 g/mol. The van der Waals surface area contributed by atoms with E-state index in [0.717, 1.165) is 24.0 Å². The number of benzene rings is 1. The van der Waals surface area contributed by atoms with E-state index in [1.54, 1.807) is 36.5 Å². The number of carbonyl (C=O) groups excluding carboxylic acids is 1. The van der Waals surface area contributed by atoms with Crippen molar-refractivity contribution in [2.45, 2.75) is 24.9 Å². The van der Waals surface area contributed by atoms with Crippen LogP contribution in [0.15, 0.2) is 48.8 Å². The van der Waals surface area contributed by atoms with Gasteiger partial charge in [-0.3, -0.25) is 4.98 Å². The summed E-state index contributed by atoms with van der Waals surface area (Å²) in [6.45, 7) is 0. The molecular formula is C17H18FN3O. The van der Waals surface area contributed by atoms with Crippen LogP contribution in [0.4, 0.5) is 9.18 Å². The molecule has 1 aromatic heterocycles. The molecule has 3 rings (SSSR count). The highest BCUT2D eigenvalue weighted by molar-refractivity contribution is 5.75. The Bertz CT molecular complexity index is 641. The summed E-state index contributed by atoms with van der Waals surface area (Å²) in [5, 5.41) is 2.98. The number of hydrogen-bond acceptors (Lipinski definition) is 2. The van der Waals surface area contributed by atoms with Gasteiger partial charge in [0, 0.05) is 25.5 Å². The monoisotopic (exact) mass is 299 g/mol. The van der Waals surface area contributed by atoms with Crippen LogP contribution >= 0.6 is 0 Å². The van der Waals surface area contributed by atoms with Gasteiger partial charge in [0.25, 0.3) is 0 Å². The number of pyridine rings is 1. The minimum atomic E-state index is -0.298. The fourth-order valence-electron chi connectivity index (χ4n) is 2.44. The van der Waals surface area contributed by atoms with Gasteiger partial charge in [-0.05, 0) is 42.2 Å². The van der Waals surface area contributed by atoms with Crippen molar-refractivity contribution in [2.24, 2.45) is 0 Å². The Hall–Kier alpha value is -2.43. The fourth-order valence-corrected chi connectivity index (χ4v) is 2.44. The number of aromatic nitrogens is 1. The van der Waals surface area contributed by atoms with Gasteiger partial charge in [0.2, 0.25) is 0 Å². The zero-order valence-electron chi connectivity index (χ0n) is 12.4. The first-order valence-electron chi connectivity index (χ1n) is 7.34. The van der Waals surface area contributed by atoms with Gasteiger partial charge in [-0.15, -0.1) is 0 Å². The average Bonchev–Trinajstić information content (AvgIpc) is 3.34. The van der Waals surface area contributed by atoms with E-state index < -0.39 is 0 Å². The van der Waals surface area contributed by atoms with Crippen LogP contribution in [-0.4, -0.2) is 29.0 Å². The molecule has 0 radical (unpaired) electrons. The lowest BCUT2D eigenvalue weighted by atomic mass is 9.99. The van der Waals surface area contributed by atoms with Crippen LogP contribution in [0.1, 0.15) is 30.0 Å². The van der Waals surface area contributed by atoms with Gasteiger partial charge in [-0.25, -0.2) is 9.18 Å². The molecule has 0 saturated heterocycles. The number of halogens is 1. The van der Waals surface area contributed by atoms with E-state index in [4.69, 9.17) is 0 Å². The quantitative estimate of drug-likeness (QED) is 0.943. The molecule has 0 unspecified atom stereocenters. The Balaban J connectivity index is 1.91. The largest absolute Gasteiger partial charge is 0.335 e. The molecule has 1 heterocycles. The van der Waals surface area contributed by atoms with Crippen molar-refractivity contribution in [3.63, 3.8) is 0 Å². The minimum absolute atomic E-state index is 0.124. The van der Waals surface area contributed by atoms with Crippen molar-refractivity contribution >= 4 is 6.03 Å². The summed E-state index contributed by atoms with van der Waals surface area (Å²) in [4.78, 5) is 18.1. The highest BCUT2D eigenvalue weighted by Crippen LogP contribution is 2.28. The van der Waals surface area contributed by atoms with E-state index in [2.05, 4.69) is 10.3 Å². The Morgan fingerprint density at radius 3 is 2.59 bits per heavy atom. The first-order chi connectivity index (χ1) is 10.6. The predicted octanol–water partition coefficient (Wildman–Crippen LogP) is 3.11. The van der Waals surface area contributed by atoms with E-state index in [1.807, 2.05) is 12.1 Å². The lowest BCUT2D eigenvalue weighted by molar-refractivity contribution is 0.197. The second kappa shape index (κ2) is 6.13. The van der Waals surface area contributed by atoms with Gasteiger partial charge in [0.15, 0.2) is 0 Å². The molecule has 2 aromatic rings. The van der Waals surface area contributed by atoms with Crippen LogP contribution in [0, 0.1) is 5.82 Å². The smallest absolute Gasteiger partial charge is 0.318 e. The summed E-state index contributed by atoms with van der Waals surface area (Å²) >= 11 is 0. The highest BCUT2D eigenvalue weighted by atomic mass is 19.1. The predicted molar refractivity (Wildman–Crippen MR) is 81.8 cm³/mol. The molecule has 1 atom stereocenters. The van der Waals surface area contributed by atoms with Crippen molar-refractivity contribution in [2.75, 3.05) is 7.05 Å². The first-order valence-corrected chi connectivity index (χ1v) is 7.34. The molecule has 1 N–H and O–H groups in total. The van der Waals surface area contributed by atoms with Crippen LogP contribution in [0.25, 0.3) is 0 Å². The lowest BCUT2D eigenvalue weighted by Gasteiger charge is -2.29. The Kier molecular flexibility index (Phi) is 4.04. The van der Waals surface area contributed by atoms with Gasteiger partial charge in [-0.2, -0.15) is 0 Å². The van der Waals surface area contributed by atoms with Crippen molar-refractivity contribution in [1.82, 2.24) is 15.2 Å². The van der Waals surface area contributed by atoms with E-state index >= 15 is 0 Å². The van der Waals surface area contributed by atoms with Crippen molar-refractivity contribution in [1.29, 1.82) is 0 Å². The molecule has 22 heavy (non-hydrogen) atoms. The molecule has 1 aliphatic rings. The average molecular weight is 299 g/mol.